The van der Waals surface area contributed by atoms with Crippen molar-refractivity contribution < 1.29 is 4.79 Å². The van der Waals surface area contributed by atoms with Crippen molar-refractivity contribution in [3.63, 3.8) is 0 Å². The second-order valence-corrected chi connectivity index (χ2v) is 5.00. The summed E-state index contributed by atoms with van der Waals surface area (Å²) in [6.45, 7) is 9.99. The minimum absolute atomic E-state index is 0.00870. The zero-order valence-electron chi connectivity index (χ0n) is 10.1. The lowest BCUT2D eigenvalue weighted by molar-refractivity contribution is 0.0919. The van der Waals surface area contributed by atoms with E-state index < -0.39 is 0 Å². The van der Waals surface area contributed by atoms with Gasteiger partial charge in [-0.15, -0.1) is 0 Å². The quantitative estimate of drug-likeness (QED) is 0.750. The molecule has 0 aliphatic rings. The standard InChI is InChI=1S/C13H19NO/c1-9-6-7-11(8-10(9)2)12(15)14-13(3,4)5/h6-8H,1-5H3,(H,14,15). The van der Waals surface area contributed by atoms with Crippen LogP contribution in [0.2, 0.25) is 0 Å². The highest BCUT2D eigenvalue weighted by Crippen LogP contribution is 2.11. The molecule has 0 heterocycles. The minimum atomic E-state index is -0.185. The summed E-state index contributed by atoms with van der Waals surface area (Å²) in [5.41, 5.74) is 2.91. The van der Waals surface area contributed by atoms with Crippen molar-refractivity contribution in [2.75, 3.05) is 0 Å². The molecule has 0 aliphatic carbocycles. The van der Waals surface area contributed by atoms with Crippen LogP contribution in [0.1, 0.15) is 42.3 Å². The van der Waals surface area contributed by atoms with E-state index in [1.165, 1.54) is 5.56 Å². The first-order chi connectivity index (χ1) is 6.79. The van der Waals surface area contributed by atoms with E-state index in [-0.39, 0.29) is 11.4 Å². The van der Waals surface area contributed by atoms with E-state index in [2.05, 4.69) is 5.32 Å². The van der Waals surface area contributed by atoms with Crippen molar-refractivity contribution in [2.45, 2.75) is 40.2 Å². The summed E-state index contributed by atoms with van der Waals surface area (Å²) in [7, 11) is 0. The van der Waals surface area contributed by atoms with E-state index in [0.29, 0.717) is 0 Å². The van der Waals surface area contributed by atoms with Crippen LogP contribution >= 0.6 is 0 Å². The predicted molar refractivity (Wildman–Crippen MR) is 63.1 cm³/mol. The molecule has 0 aromatic heterocycles. The maximum atomic E-state index is 11.8. The Hall–Kier alpha value is -1.31. The maximum absolute atomic E-state index is 11.8. The summed E-state index contributed by atoms with van der Waals surface area (Å²) in [6.07, 6.45) is 0. The van der Waals surface area contributed by atoms with E-state index in [4.69, 9.17) is 0 Å². The molecule has 15 heavy (non-hydrogen) atoms. The number of benzene rings is 1. The number of hydrogen-bond acceptors (Lipinski definition) is 1. The second kappa shape index (κ2) is 4.05. The lowest BCUT2D eigenvalue weighted by Crippen LogP contribution is -2.40. The highest BCUT2D eigenvalue weighted by Gasteiger charge is 2.15. The lowest BCUT2D eigenvalue weighted by Gasteiger charge is -2.20. The smallest absolute Gasteiger partial charge is 0.251 e. The van der Waals surface area contributed by atoms with Crippen molar-refractivity contribution in [2.24, 2.45) is 0 Å². The zero-order chi connectivity index (χ0) is 11.6. The number of aryl methyl sites for hydroxylation is 2. The summed E-state index contributed by atoms with van der Waals surface area (Å²) >= 11 is 0. The molecule has 2 heteroatoms. The Balaban J connectivity index is 2.88. The molecular formula is C13H19NO. The van der Waals surface area contributed by atoms with E-state index in [1.807, 2.05) is 52.8 Å². The van der Waals surface area contributed by atoms with Gasteiger partial charge in [0, 0.05) is 11.1 Å². The summed E-state index contributed by atoms with van der Waals surface area (Å²) in [5, 5.41) is 2.94. The first-order valence-electron chi connectivity index (χ1n) is 5.19. The molecule has 1 aromatic rings. The fourth-order valence-electron chi connectivity index (χ4n) is 1.30. The molecule has 0 radical (unpaired) electrons. The molecule has 0 fully saturated rings. The number of rotatable bonds is 1. The van der Waals surface area contributed by atoms with Gasteiger partial charge in [0.2, 0.25) is 0 Å². The first kappa shape index (κ1) is 11.8. The molecule has 0 bridgehead atoms. The highest BCUT2D eigenvalue weighted by molar-refractivity contribution is 5.94. The van der Waals surface area contributed by atoms with E-state index >= 15 is 0 Å². The Morgan fingerprint density at radius 3 is 2.20 bits per heavy atom. The fraction of sp³-hybridized carbons (Fsp3) is 0.462. The summed E-state index contributed by atoms with van der Waals surface area (Å²) in [4.78, 5) is 11.8. The van der Waals surface area contributed by atoms with Gasteiger partial charge in [-0.2, -0.15) is 0 Å². The van der Waals surface area contributed by atoms with Crippen molar-refractivity contribution in [1.82, 2.24) is 5.32 Å². The molecule has 1 amide bonds. The average molecular weight is 205 g/mol. The second-order valence-electron chi connectivity index (χ2n) is 5.00. The van der Waals surface area contributed by atoms with Gasteiger partial charge in [-0.1, -0.05) is 6.07 Å². The van der Waals surface area contributed by atoms with Gasteiger partial charge in [0.05, 0.1) is 0 Å². The average Bonchev–Trinajstić information content (AvgIpc) is 2.06. The van der Waals surface area contributed by atoms with Crippen molar-refractivity contribution in [1.29, 1.82) is 0 Å². The normalized spacial score (nSPS) is 11.3. The molecule has 1 N–H and O–H groups in total. The van der Waals surface area contributed by atoms with Gasteiger partial charge in [-0.25, -0.2) is 0 Å². The fourth-order valence-corrected chi connectivity index (χ4v) is 1.30. The SMILES string of the molecule is Cc1ccc(C(=O)NC(C)(C)C)cc1C. The number of carbonyl (C=O) groups excluding carboxylic acids is 1. The van der Waals surface area contributed by atoms with Crippen molar-refractivity contribution in [3.8, 4) is 0 Å². The van der Waals surface area contributed by atoms with Crippen LogP contribution in [-0.2, 0) is 0 Å². The van der Waals surface area contributed by atoms with Crippen LogP contribution < -0.4 is 5.32 Å². The van der Waals surface area contributed by atoms with Gasteiger partial charge in [-0.05, 0) is 57.9 Å². The summed E-state index contributed by atoms with van der Waals surface area (Å²) in [5.74, 6) is -0.00870. The lowest BCUT2D eigenvalue weighted by atomic mass is 10.0. The monoisotopic (exact) mass is 205 g/mol. The molecule has 0 unspecified atom stereocenters. The van der Waals surface area contributed by atoms with Gasteiger partial charge in [0.1, 0.15) is 0 Å². The minimum Gasteiger partial charge on any atom is -0.347 e. The summed E-state index contributed by atoms with van der Waals surface area (Å²) in [6, 6.07) is 5.77. The van der Waals surface area contributed by atoms with Crippen LogP contribution in [0.4, 0.5) is 0 Å². The molecule has 82 valence electrons. The van der Waals surface area contributed by atoms with E-state index in [9.17, 15) is 4.79 Å². The molecule has 0 saturated heterocycles. The molecule has 0 spiro atoms. The zero-order valence-corrected chi connectivity index (χ0v) is 10.1. The first-order valence-corrected chi connectivity index (χ1v) is 5.19. The predicted octanol–water partition coefficient (Wildman–Crippen LogP) is 2.83. The third kappa shape index (κ3) is 3.39. The van der Waals surface area contributed by atoms with Gasteiger partial charge in [0.15, 0.2) is 0 Å². The van der Waals surface area contributed by atoms with Crippen LogP contribution in [0, 0.1) is 13.8 Å². The Morgan fingerprint density at radius 1 is 1.13 bits per heavy atom. The van der Waals surface area contributed by atoms with Crippen LogP contribution in [0.5, 0.6) is 0 Å². The van der Waals surface area contributed by atoms with Gasteiger partial charge in [-0.3, -0.25) is 4.79 Å². The van der Waals surface area contributed by atoms with Crippen molar-refractivity contribution >= 4 is 5.91 Å². The number of amides is 1. The van der Waals surface area contributed by atoms with E-state index in [0.717, 1.165) is 11.1 Å². The number of carbonyl (C=O) groups is 1. The molecule has 1 rings (SSSR count). The molecular weight excluding hydrogens is 186 g/mol. The van der Waals surface area contributed by atoms with Crippen LogP contribution in [0.3, 0.4) is 0 Å². The molecule has 2 nitrogen and oxygen atoms in total. The van der Waals surface area contributed by atoms with Crippen molar-refractivity contribution in [3.05, 3.63) is 34.9 Å². The number of hydrogen-bond donors (Lipinski definition) is 1. The third-order valence-corrected chi connectivity index (χ3v) is 2.26. The van der Waals surface area contributed by atoms with Gasteiger partial charge < -0.3 is 5.32 Å². The Bertz CT molecular complexity index is 375. The number of nitrogens with one attached hydrogen (secondary N) is 1. The third-order valence-electron chi connectivity index (χ3n) is 2.26. The Labute approximate surface area is 91.7 Å². The van der Waals surface area contributed by atoms with Gasteiger partial charge in [0.25, 0.3) is 5.91 Å². The van der Waals surface area contributed by atoms with Crippen LogP contribution in [-0.4, -0.2) is 11.4 Å². The highest BCUT2D eigenvalue weighted by atomic mass is 16.1. The Morgan fingerprint density at radius 2 is 1.73 bits per heavy atom. The Kier molecular flexibility index (Phi) is 3.18. The maximum Gasteiger partial charge on any atom is 0.251 e. The molecule has 1 aromatic carbocycles. The van der Waals surface area contributed by atoms with Gasteiger partial charge >= 0.3 is 0 Å². The molecule has 0 atom stereocenters. The van der Waals surface area contributed by atoms with Crippen LogP contribution in [0.15, 0.2) is 18.2 Å². The largest absolute Gasteiger partial charge is 0.347 e. The van der Waals surface area contributed by atoms with E-state index in [1.54, 1.807) is 0 Å². The molecule has 0 aliphatic heterocycles. The van der Waals surface area contributed by atoms with Crippen LogP contribution in [0.25, 0.3) is 0 Å². The molecule has 0 saturated carbocycles. The topological polar surface area (TPSA) is 29.1 Å². The summed E-state index contributed by atoms with van der Waals surface area (Å²) < 4.78 is 0.